The van der Waals surface area contributed by atoms with Crippen LogP contribution in [0.4, 0.5) is 4.39 Å². The minimum atomic E-state index is -0.698. The fourth-order valence-electron chi connectivity index (χ4n) is 2.26. The summed E-state index contributed by atoms with van der Waals surface area (Å²) in [5.74, 6) is -2.10. The largest absolute Gasteiger partial charge is 0.459 e. The fraction of sp³-hybridized carbons (Fsp3) is 0.263. The molecule has 0 aliphatic heterocycles. The van der Waals surface area contributed by atoms with Crippen LogP contribution in [-0.2, 0) is 9.53 Å². The number of esters is 1. The average molecular weight is 449 g/mol. The van der Waals surface area contributed by atoms with Gasteiger partial charge < -0.3 is 14.8 Å². The monoisotopic (exact) mass is 448 g/mol. The number of rotatable bonds is 6. The van der Waals surface area contributed by atoms with Crippen molar-refractivity contribution in [2.24, 2.45) is 0 Å². The molecule has 2 heterocycles. The first-order valence-electron chi connectivity index (χ1n) is 9.00. The van der Waals surface area contributed by atoms with Gasteiger partial charge in [-0.2, -0.15) is 0 Å². The van der Waals surface area contributed by atoms with Crippen molar-refractivity contribution in [3.8, 4) is 17.3 Å². The maximum absolute atomic E-state index is 13.8. The lowest BCUT2D eigenvalue weighted by atomic mass is 10.2. The van der Waals surface area contributed by atoms with Gasteiger partial charge in [-0.3, -0.25) is 9.59 Å². The summed E-state index contributed by atoms with van der Waals surface area (Å²) in [5.41, 5.74) is -0.190. The van der Waals surface area contributed by atoms with E-state index in [-0.39, 0.29) is 23.3 Å². The zero-order valence-electron chi connectivity index (χ0n) is 16.8. The van der Waals surface area contributed by atoms with Gasteiger partial charge in [-0.05, 0) is 56.3 Å². The van der Waals surface area contributed by atoms with E-state index < -0.39 is 23.3 Å². The molecule has 1 N–H and O–H groups in total. The van der Waals surface area contributed by atoms with Gasteiger partial charge in [0.2, 0.25) is 0 Å². The highest BCUT2D eigenvalue weighted by Gasteiger charge is 2.19. The van der Waals surface area contributed by atoms with Crippen LogP contribution in [0, 0.1) is 5.82 Å². The predicted octanol–water partition coefficient (Wildman–Crippen LogP) is 2.71. The molecule has 0 bridgehead atoms. The zero-order chi connectivity index (χ0) is 22.6. The standard InChI is InChI=1S/C19H18ClFN6O4/c1-19(2,3)31-15(28)10-22-17(29)16-24-26-27(25-16)12-4-6-13(7-5-12)30-18-14(21)8-11(20)9-23-18/h4-9H,10H2,1-3H3,(H,22,29). The molecular formula is C19H18ClFN6O4. The third-order valence-corrected chi connectivity index (χ3v) is 3.69. The topological polar surface area (TPSA) is 121 Å². The van der Waals surface area contributed by atoms with Gasteiger partial charge in [0.1, 0.15) is 17.9 Å². The van der Waals surface area contributed by atoms with Crippen LogP contribution < -0.4 is 10.1 Å². The Kier molecular flexibility index (Phi) is 6.44. The van der Waals surface area contributed by atoms with E-state index in [0.717, 1.165) is 10.9 Å². The van der Waals surface area contributed by atoms with E-state index in [1.54, 1.807) is 32.9 Å². The van der Waals surface area contributed by atoms with Crippen LogP contribution >= 0.6 is 11.6 Å². The minimum absolute atomic E-state index is 0.156. The van der Waals surface area contributed by atoms with E-state index in [2.05, 4.69) is 25.7 Å². The summed E-state index contributed by atoms with van der Waals surface area (Å²) in [5, 5.41) is 14.0. The average Bonchev–Trinajstić information content (AvgIpc) is 3.18. The Bertz CT molecular complexity index is 1100. The number of amides is 1. The molecular weight excluding hydrogens is 431 g/mol. The number of nitrogens with one attached hydrogen (secondary N) is 1. The van der Waals surface area contributed by atoms with Crippen molar-refractivity contribution in [3.63, 3.8) is 0 Å². The van der Waals surface area contributed by atoms with Gasteiger partial charge in [-0.15, -0.1) is 15.0 Å². The Labute approximate surface area is 181 Å². The minimum Gasteiger partial charge on any atom is -0.459 e. The first kappa shape index (κ1) is 22.1. The summed E-state index contributed by atoms with van der Waals surface area (Å²) < 4.78 is 24.3. The van der Waals surface area contributed by atoms with Gasteiger partial charge in [-0.25, -0.2) is 9.37 Å². The Hall–Kier alpha value is -3.60. The summed E-state index contributed by atoms with van der Waals surface area (Å²) in [6.45, 7) is 4.84. The number of hydrogen-bond acceptors (Lipinski definition) is 8. The number of pyridine rings is 1. The van der Waals surface area contributed by atoms with Crippen LogP contribution in [0.3, 0.4) is 0 Å². The summed E-state index contributed by atoms with van der Waals surface area (Å²) >= 11 is 5.66. The SMILES string of the molecule is CC(C)(C)OC(=O)CNC(=O)c1nnn(-c2ccc(Oc3ncc(Cl)cc3F)cc2)n1. The van der Waals surface area contributed by atoms with Gasteiger partial charge >= 0.3 is 5.97 Å². The van der Waals surface area contributed by atoms with E-state index in [1.807, 2.05) is 0 Å². The van der Waals surface area contributed by atoms with Crippen molar-refractivity contribution >= 4 is 23.5 Å². The third kappa shape index (κ3) is 6.19. The van der Waals surface area contributed by atoms with Crippen molar-refractivity contribution in [3.05, 3.63) is 53.2 Å². The van der Waals surface area contributed by atoms with Crippen molar-refractivity contribution in [2.75, 3.05) is 6.54 Å². The van der Waals surface area contributed by atoms with E-state index in [0.29, 0.717) is 11.4 Å². The molecule has 0 fully saturated rings. The lowest BCUT2D eigenvalue weighted by Crippen LogP contribution is -2.35. The second kappa shape index (κ2) is 9.04. The van der Waals surface area contributed by atoms with Crippen LogP contribution in [-0.4, -0.2) is 49.2 Å². The van der Waals surface area contributed by atoms with E-state index >= 15 is 0 Å². The maximum atomic E-state index is 13.8. The van der Waals surface area contributed by atoms with Crippen LogP contribution in [0.5, 0.6) is 11.6 Å². The van der Waals surface area contributed by atoms with Gasteiger partial charge in [0.15, 0.2) is 5.82 Å². The summed E-state index contributed by atoms with van der Waals surface area (Å²) in [6.07, 6.45) is 1.27. The normalized spacial score (nSPS) is 11.1. The molecule has 0 radical (unpaired) electrons. The number of tetrazole rings is 1. The Morgan fingerprint density at radius 2 is 1.94 bits per heavy atom. The number of ether oxygens (including phenoxy) is 2. The highest BCUT2D eigenvalue weighted by atomic mass is 35.5. The molecule has 0 aliphatic carbocycles. The Morgan fingerprint density at radius 3 is 2.58 bits per heavy atom. The third-order valence-electron chi connectivity index (χ3n) is 3.49. The maximum Gasteiger partial charge on any atom is 0.325 e. The van der Waals surface area contributed by atoms with Crippen molar-refractivity contribution in [1.29, 1.82) is 0 Å². The molecule has 0 spiro atoms. The number of carbonyl (C=O) groups is 2. The summed E-state index contributed by atoms with van der Waals surface area (Å²) in [7, 11) is 0. The van der Waals surface area contributed by atoms with Crippen molar-refractivity contribution in [2.45, 2.75) is 26.4 Å². The summed E-state index contributed by atoms with van der Waals surface area (Å²) in [4.78, 5) is 28.7. The number of hydrogen-bond donors (Lipinski definition) is 1. The predicted molar refractivity (Wildman–Crippen MR) is 107 cm³/mol. The van der Waals surface area contributed by atoms with Crippen LogP contribution in [0.1, 0.15) is 31.4 Å². The molecule has 0 aliphatic rings. The lowest BCUT2D eigenvalue weighted by Gasteiger charge is -2.19. The quantitative estimate of drug-likeness (QED) is 0.571. The van der Waals surface area contributed by atoms with Gasteiger partial charge in [-0.1, -0.05) is 11.6 Å². The Morgan fingerprint density at radius 1 is 1.23 bits per heavy atom. The molecule has 10 nitrogen and oxygen atoms in total. The molecule has 3 rings (SSSR count). The first-order valence-corrected chi connectivity index (χ1v) is 9.38. The molecule has 2 aromatic heterocycles. The highest BCUT2D eigenvalue weighted by Crippen LogP contribution is 2.24. The smallest absolute Gasteiger partial charge is 0.325 e. The first-order chi connectivity index (χ1) is 14.6. The lowest BCUT2D eigenvalue weighted by molar-refractivity contribution is -0.153. The molecule has 162 valence electrons. The molecule has 0 unspecified atom stereocenters. The van der Waals surface area contributed by atoms with Gasteiger partial charge in [0.05, 0.1) is 10.7 Å². The van der Waals surface area contributed by atoms with Crippen LogP contribution in [0.25, 0.3) is 5.69 Å². The number of aromatic nitrogens is 5. The molecule has 12 heteroatoms. The zero-order valence-corrected chi connectivity index (χ0v) is 17.6. The summed E-state index contributed by atoms with van der Waals surface area (Å²) in [6, 6.07) is 7.32. The molecule has 31 heavy (non-hydrogen) atoms. The van der Waals surface area contributed by atoms with Crippen LogP contribution in [0.15, 0.2) is 36.5 Å². The fourth-order valence-corrected chi connectivity index (χ4v) is 2.40. The van der Waals surface area contributed by atoms with Crippen molar-refractivity contribution in [1.82, 2.24) is 30.5 Å². The number of benzene rings is 1. The number of halogens is 2. The second-order valence-electron chi connectivity index (χ2n) is 7.21. The second-order valence-corrected chi connectivity index (χ2v) is 7.64. The molecule has 1 aromatic carbocycles. The number of carbonyl (C=O) groups excluding carboxylic acids is 2. The molecule has 0 atom stereocenters. The van der Waals surface area contributed by atoms with Crippen molar-refractivity contribution < 1.29 is 23.5 Å². The van der Waals surface area contributed by atoms with E-state index in [1.165, 1.54) is 18.3 Å². The Balaban J connectivity index is 1.61. The van der Waals surface area contributed by atoms with E-state index in [9.17, 15) is 14.0 Å². The van der Waals surface area contributed by atoms with Gasteiger partial charge in [0, 0.05) is 6.20 Å². The molecule has 0 saturated carbocycles. The molecule has 1 amide bonds. The van der Waals surface area contributed by atoms with Crippen LogP contribution in [0.2, 0.25) is 5.02 Å². The number of nitrogens with zero attached hydrogens (tertiary/aromatic N) is 5. The molecule has 3 aromatic rings. The highest BCUT2D eigenvalue weighted by molar-refractivity contribution is 6.30. The molecule has 0 saturated heterocycles. The van der Waals surface area contributed by atoms with Gasteiger partial charge in [0.25, 0.3) is 17.6 Å². The van der Waals surface area contributed by atoms with E-state index in [4.69, 9.17) is 21.1 Å².